The van der Waals surface area contributed by atoms with Gasteiger partial charge in [-0.05, 0) is 148 Å². The third-order valence-corrected chi connectivity index (χ3v) is 11.6. The molecule has 5 aromatic rings. The van der Waals surface area contributed by atoms with Crippen LogP contribution in [0.15, 0.2) is 109 Å². The lowest BCUT2D eigenvalue weighted by Gasteiger charge is -2.22. The molecule has 0 heterocycles. The molecule has 76 heavy (non-hydrogen) atoms. The number of carbonyl (C=O) groups excluding carboxylic acids is 4. The molecular weight excluding hydrogens is 973 g/mol. The van der Waals surface area contributed by atoms with Crippen LogP contribution < -0.4 is 44.2 Å². The van der Waals surface area contributed by atoms with Crippen molar-refractivity contribution in [1.82, 2.24) is 5.32 Å². The molecule has 0 radical (unpaired) electrons. The van der Waals surface area contributed by atoms with Crippen molar-refractivity contribution >= 4 is 29.8 Å². The molecule has 0 aromatic heterocycles. The summed E-state index contributed by atoms with van der Waals surface area (Å²) in [5.74, 6) is -0.195. The molecule has 4 N–H and O–H groups in total. The Morgan fingerprint density at radius 1 is 0.526 bits per heavy atom. The summed E-state index contributed by atoms with van der Waals surface area (Å²) in [6, 6.07) is 27.8. The van der Waals surface area contributed by atoms with Crippen molar-refractivity contribution in [3.63, 3.8) is 0 Å². The highest BCUT2D eigenvalue weighted by molar-refractivity contribution is 5.97. The molecule has 16 heteroatoms. The van der Waals surface area contributed by atoms with Crippen LogP contribution in [0.4, 0.5) is 0 Å². The summed E-state index contributed by atoms with van der Waals surface area (Å²) in [5.41, 5.74) is 7.78. The number of amides is 1. The number of methoxy groups -OCH3 is 3. The van der Waals surface area contributed by atoms with Crippen molar-refractivity contribution < 1.29 is 67.0 Å². The fourth-order valence-electron chi connectivity index (χ4n) is 7.46. The summed E-state index contributed by atoms with van der Waals surface area (Å²) < 4.78 is 43.8. The van der Waals surface area contributed by atoms with Crippen LogP contribution in [0.5, 0.6) is 40.2 Å². The number of carbonyl (C=O) groups is 5. The summed E-state index contributed by atoms with van der Waals surface area (Å²) >= 11 is 0. The minimum atomic E-state index is -1.19. The number of ether oxygens (including phenoxy) is 8. The van der Waals surface area contributed by atoms with Gasteiger partial charge in [-0.3, -0.25) is 9.59 Å². The smallest absolute Gasteiger partial charge is 0.343 e. The number of benzene rings is 5. The number of nitrogens with two attached hydrogens (primary N) is 1. The fourth-order valence-corrected chi connectivity index (χ4v) is 7.46. The van der Waals surface area contributed by atoms with Crippen molar-refractivity contribution in [3.05, 3.63) is 137 Å². The predicted octanol–water partition coefficient (Wildman–Crippen LogP) is 11.2. The maximum Gasteiger partial charge on any atom is 0.343 e. The van der Waals surface area contributed by atoms with Crippen LogP contribution in [0.3, 0.4) is 0 Å². The van der Waals surface area contributed by atoms with Gasteiger partial charge in [-0.1, -0.05) is 77.3 Å². The third kappa shape index (κ3) is 21.3. The molecule has 0 aliphatic rings. The largest absolute Gasteiger partial charge is 0.497 e. The summed E-state index contributed by atoms with van der Waals surface area (Å²) in [5, 5.41) is 12.2. The van der Waals surface area contributed by atoms with Crippen molar-refractivity contribution in [2.75, 3.05) is 34.5 Å². The van der Waals surface area contributed by atoms with Crippen LogP contribution in [0, 0.1) is 0 Å². The summed E-state index contributed by atoms with van der Waals surface area (Å²) in [6.07, 6.45) is 11.9. The van der Waals surface area contributed by atoms with E-state index in [0.29, 0.717) is 52.7 Å². The second-order valence-electron chi connectivity index (χ2n) is 19.0. The Morgan fingerprint density at radius 2 is 0.947 bits per heavy atom. The maximum atomic E-state index is 12.8. The number of nitrogens with one attached hydrogen (secondary N) is 1. The Labute approximate surface area is 447 Å². The number of hydrogen-bond donors (Lipinski definition) is 3. The molecule has 16 nitrogen and oxygen atoms in total. The molecular formula is C60H76N2O14. The van der Waals surface area contributed by atoms with E-state index in [2.05, 4.69) is 19.2 Å². The van der Waals surface area contributed by atoms with Gasteiger partial charge in [-0.25, -0.2) is 14.4 Å². The van der Waals surface area contributed by atoms with E-state index in [4.69, 9.17) is 43.6 Å². The van der Waals surface area contributed by atoms with E-state index in [0.717, 1.165) is 37.0 Å². The molecule has 0 saturated heterocycles. The van der Waals surface area contributed by atoms with E-state index in [1.807, 2.05) is 0 Å². The normalized spacial score (nSPS) is 11.6. The Morgan fingerprint density at radius 3 is 1.36 bits per heavy atom. The highest BCUT2D eigenvalue weighted by atomic mass is 16.6. The van der Waals surface area contributed by atoms with Gasteiger partial charge in [-0.2, -0.15) is 0 Å². The first-order valence-electron chi connectivity index (χ1n) is 25.9. The molecule has 0 aliphatic heterocycles. The summed E-state index contributed by atoms with van der Waals surface area (Å²) in [6.45, 7) is 11.0. The Hall–Kier alpha value is -7.59. The molecule has 5 aromatic carbocycles. The monoisotopic (exact) mass is 1050 g/mol. The van der Waals surface area contributed by atoms with Crippen molar-refractivity contribution in [2.24, 2.45) is 5.73 Å². The molecule has 0 fully saturated rings. The van der Waals surface area contributed by atoms with Gasteiger partial charge in [0.05, 0.1) is 45.7 Å². The molecule has 1 amide bonds. The number of esters is 3. The van der Waals surface area contributed by atoms with Gasteiger partial charge in [0.2, 0.25) is 0 Å². The second kappa shape index (κ2) is 32.0. The Kier molecular flexibility index (Phi) is 25.7. The lowest BCUT2D eigenvalue weighted by atomic mass is 10.0. The first-order chi connectivity index (χ1) is 36.5. The van der Waals surface area contributed by atoms with Crippen LogP contribution in [0.25, 0.3) is 0 Å². The highest BCUT2D eigenvalue weighted by Crippen LogP contribution is 2.31. The van der Waals surface area contributed by atoms with Crippen LogP contribution in [-0.4, -0.2) is 87.1 Å². The second-order valence-corrected chi connectivity index (χ2v) is 19.0. The standard InChI is InChI=1S/C32H37NO8.C28H39NO6/c1-4-5-6-7-8-19-40-26-16-12-24(13-17-26)32(37)41-28-18-9-22(21-29(28)39-3)20-27(31(35)36)33-30(34)23-10-14-25(38-2)15-11-23;1-6-7-8-9-10-17-33-22-14-12-21(13-15-22)26(30)34-24-16-11-20(19-25(24)32-5)18-23(29)27(31)35-28(2,3)4/h9-18,21,27H,4-8,19-20H2,1-3H3,(H,33,34)(H,35,36);11-16,19,23H,6-10,17-18,29H2,1-5H3/t;23-/m.0/s1. The quantitative estimate of drug-likeness (QED) is 0.0230. The van der Waals surface area contributed by atoms with E-state index < -0.39 is 47.5 Å². The molecule has 0 aliphatic carbocycles. The first kappa shape index (κ1) is 61.0. The summed E-state index contributed by atoms with van der Waals surface area (Å²) in [4.78, 5) is 62.0. The van der Waals surface area contributed by atoms with Crippen molar-refractivity contribution in [2.45, 2.75) is 129 Å². The van der Waals surface area contributed by atoms with Crippen LogP contribution in [-0.2, 0) is 27.2 Å². The fraction of sp³-hybridized carbons (Fsp3) is 0.417. The summed E-state index contributed by atoms with van der Waals surface area (Å²) in [7, 11) is 4.42. The van der Waals surface area contributed by atoms with Gasteiger partial charge in [0.15, 0.2) is 23.0 Å². The molecule has 1 unspecified atom stereocenters. The van der Waals surface area contributed by atoms with Crippen LogP contribution in [0.1, 0.15) is 141 Å². The molecule has 0 saturated carbocycles. The number of carboxylic acids is 1. The molecule has 0 spiro atoms. The lowest BCUT2D eigenvalue weighted by Crippen LogP contribution is -2.42. The minimum absolute atomic E-state index is 0.0120. The number of aliphatic carboxylic acids is 1. The zero-order chi connectivity index (χ0) is 55.5. The average molecular weight is 1050 g/mol. The van der Waals surface area contributed by atoms with Gasteiger partial charge >= 0.3 is 23.9 Å². The number of unbranched alkanes of at least 4 members (excludes halogenated alkanes) is 8. The number of rotatable bonds is 29. The van der Waals surface area contributed by atoms with E-state index in [1.165, 1.54) is 65.9 Å². The van der Waals surface area contributed by atoms with Crippen molar-refractivity contribution in [1.29, 1.82) is 0 Å². The predicted molar refractivity (Wildman–Crippen MR) is 290 cm³/mol. The number of carboxylic acid groups (broad SMARTS) is 1. The van der Waals surface area contributed by atoms with Gasteiger partial charge < -0.3 is 54.1 Å². The molecule has 2 atom stereocenters. The van der Waals surface area contributed by atoms with E-state index in [-0.39, 0.29) is 30.1 Å². The van der Waals surface area contributed by atoms with Gasteiger partial charge in [0, 0.05) is 12.0 Å². The zero-order valence-electron chi connectivity index (χ0n) is 45.3. The maximum absolute atomic E-state index is 12.8. The first-order valence-corrected chi connectivity index (χ1v) is 25.9. The third-order valence-electron chi connectivity index (χ3n) is 11.6. The van der Waals surface area contributed by atoms with Gasteiger partial charge in [-0.15, -0.1) is 0 Å². The van der Waals surface area contributed by atoms with Gasteiger partial charge in [0.1, 0.15) is 34.9 Å². The van der Waals surface area contributed by atoms with Crippen molar-refractivity contribution in [3.8, 4) is 40.2 Å². The van der Waals surface area contributed by atoms with E-state index in [9.17, 15) is 29.1 Å². The van der Waals surface area contributed by atoms with E-state index in [1.54, 1.807) is 124 Å². The Bertz CT molecular complexity index is 2590. The lowest BCUT2D eigenvalue weighted by molar-refractivity contribution is -0.156. The minimum Gasteiger partial charge on any atom is -0.497 e. The van der Waals surface area contributed by atoms with Gasteiger partial charge in [0.25, 0.3) is 5.91 Å². The molecule has 5 rings (SSSR count). The molecule has 0 bridgehead atoms. The topological polar surface area (TPSA) is 217 Å². The van der Waals surface area contributed by atoms with Crippen LogP contribution >= 0.6 is 0 Å². The SMILES string of the molecule is CCCCCCCOc1ccc(C(=O)Oc2ccc(CC(NC(=O)c3ccc(OC)cc3)C(=O)O)cc2OC)cc1.CCCCCCCOc1ccc(C(=O)Oc2ccc(C[C@H](N)C(=O)OC(C)(C)C)cc2OC)cc1. The molecule has 410 valence electrons. The zero-order valence-corrected chi connectivity index (χ0v) is 45.3. The van der Waals surface area contributed by atoms with E-state index >= 15 is 0 Å². The average Bonchev–Trinajstić information content (AvgIpc) is 3.41. The number of hydrogen-bond acceptors (Lipinski definition) is 14. The Balaban J connectivity index is 0.000000333. The highest BCUT2D eigenvalue weighted by Gasteiger charge is 2.25. The van der Waals surface area contributed by atoms with Crippen LogP contribution in [0.2, 0.25) is 0 Å².